The van der Waals surface area contributed by atoms with Crippen LogP contribution in [0, 0.1) is 5.82 Å². The molecule has 2 N–H and O–H groups in total. The SMILES string of the molecule is CC(C)(CO)NCc1ccc(-c2ccc(F)c(Cl)c2)o1.Cl. The molecule has 0 aliphatic rings. The van der Waals surface area contributed by atoms with Gasteiger partial charge in [-0.2, -0.15) is 0 Å². The molecule has 21 heavy (non-hydrogen) atoms. The van der Waals surface area contributed by atoms with Gasteiger partial charge in [0.2, 0.25) is 0 Å². The Morgan fingerprint density at radius 3 is 2.62 bits per heavy atom. The van der Waals surface area contributed by atoms with Crippen LogP contribution in [-0.2, 0) is 6.54 Å². The lowest BCUT2D eigenvalue weighted by Gasteiger charge is -2.22. The maximum absolute atomic E-state index is 13.1. The van der Waals surface area contributed by atoms with Gasteiger partial charge < -0.3 is 14.8 Å². The Kier molecular flexibility index (Phi) is 6.23. The van der Waals surface area contributed by atoms with Crippen LogP contribution in [0.5, 0.6) is 0 Å². The topological polar surface area (TPSA) is 45.4 Å². The average Bonchev–Trinajstić information content (AvgIpc) is 2.89. The molecule has 0 fully saturated rings. The molecule has 0 aliphatic heterocycles. The Hall–Kier alpha value is -1.07. The number of benzene rings is 1. The third-order valence-corrected chi connectivity index (χ3v) is 3.29. The fraction of sp³-hybridized carbons (Fsp3) is 0.333. The third-order valence-electron chi connectivity index (χ3n) is 3.00. The summed E-state index contributed by atoms with van der Waals surface area (Å²) in [7, 11) is 0. The molecule has 0 saturated heterocycles. The maximum Gasteiger partial charge on any atom is 0.141 e. The first kappa shape index (κ1) is 18.0. The number of hydrogen-bond acceptors (Lipinski definition) is 3. The Morgan fingerprint density at radius 1 is 1.29 bits per heavy atom. The van der Waals surface area contributed by atoms with Crippen LogP contribution in [0.15, 0.2) is 34.7 Å². The van der Waals surface area contributed by atoms with E-state index >= 15 is 0 Å². The van der Waals surface area contributed by atoms with Gasteiger partial charge in [0, 0.05) is 11.1 Å². The van der Waals surface area contributed by atoms with Gasteiger partial charge in [-0.1, -0.05) is 11.6 Å². The number of aliphatic hydroxyl groups is 1. The van der Waals surface area contributed by atoms with Crippen molar-refractivity contribution in [2.24, 2.45) is 0 Å². The summed E-state index contributed by atoms with van der Waals surface area (Å²) in [6.45, 7) is 4.34. The molecule has 0 amide bonds. The highest BCUT2D eigenvalue weighted by atomic mass is 35.5. The summed E-state index contributed by atoms with van der Waals surface area (Å²) in [5, 5.41) is 12.4. The molecule has 3 nitrogen and oxygen atoms in total. The molecule has 2 aromatic rings. The second-order valence-corrected chi connectivity index (χ2v) is 5.70. The van der Waals surface area contributed by atoms with E-state index in [2.05, 4.69) is 5.32 Å². The summed E-state index contributed by atoms with van der Waals surface area (Å²) in [6.07, 6.45) is 0. The van der Waals surface area contributed by atoms with Crippen molar-refractivity contribution in [3.05, 3.63) is 46.9 Å². The first-order valence-electron chi connectivity index (χ1n) is 6.31. The molecule has 1 aromatic heterocycles. The summed E-state index contributed by atoms with van der Waals surface area (Å²) in [5.74, 6) is 0.918. The number of nitrogens with one attached hydrogen (secondary N) is 1. The van der Waals surface area contributed by atoms with Crippen molar-refractivity contribution in [1.82, 2.24) is 5.32 Å². The van der Waals surface area contributed by atoms with Crippen LogP contribution in [0.1, 0.15) is 19.6 Å². The van der Waals surface area contributed by atoms with E-state index in [1.165, 1.54) is 12.1 Å². The second kappa shape index (κ2) is 7.27. The molecule has 0 radical (unpaired) electrons. The van der Waals surface area contributed by atoms with Gasteiger partial charge in [0.05, 0.1) is 18.2 Å². The lowest BCUT2D eigenvalue weighted by atomic mass is 10.1. The Balaban J connectivity index is 0.00000220. The first-order valence-corrected chi connectivity index (χ1v) is 6.69. The number of halogens is 3. The van der Waals surface area contributed by atoms with Crippen LogP contribution in [0.25, 0.3) is 11.3 Å². The van der Waals surface area contributed by atoms with Crippen molar-refractivity contribution in [2.75, 3.05) is 6.61 Å². The summed E-state index contributed by atoms with van der Waals surface area (Å²) >= 11 is 5.75. The average molecular weight is 334 g/mol. The van der Waals surface area contributed by atoms with Gasteiger partial charge in [0.1, 0.15) is 17.3 Å². The number of hydrogen-bond donors (Lipinski definition) is 2. The molecule has 0 bridgehead atoms. The Morgan fingerprint density at radius 2 is 2.00 bits per heavy atom. The standard InChI is InChI=1S/C15H17ClFNO2.ClH/c1-15(2,9-19)18-8-11-4-6-14(20-11)10-3-5-13(17)12(16)7-10;/h3-7,18-19H,8-9H2,1-2H3;1H. The fourth-order valence-corrected chi connectivity index (χ4v) is 1.84. The van der Waals surface area contributed by atoms with Crippen molar-refractivity contribution >= 4 is 24.0 Å². The molecule has 0 unspecified atom stereocenters. The van der Waals surface area contributed by atoms with Gasteiger partial charge in [-0.3, -0.25) is 0 Å². The molecule has 2 rings (SSSR count). The van der Waals surface area contributed by atoms with Crippen molar-refractivity contribution in [3.8, 4) is 11.3 Å². The van der Waals surface area contributed by atoms with Crippen molar-refractivity contribution < 1.29 is 13.9 Å². The zero-order valence-corrected chi connectivity index (χ0v) is 13.4. The molecule has 116 valence electrons. The summed E-state index contributed by atoms with van der Waals surface area (Å²) < 4.78 is 18.8. The molecule has 1 aromatic carbocycles. The molecule has 6 heteroatoms. The van der Waals surface area contributed by atoms with E-state index in [1.54, 1.807) is 6.07 Å². The van der Waals surface area contributed by atoms with Crippen LogP contribution < -0.4 is 5.32 Å². The Labute approximate surface area is 134 Å². The lowest BCUT2D eigenvalue weighted by Crippen LogP contribution is -2.41. The molecule has 0 spiro atoms. The number of aliphatic hydroxyl groups excluding tert-OH is 1. The highest BCUT2D eigenvalue weighted by Gasteiger charge is 2.16. The van der Waals surface area contributed by atoms with Gasteiger partial charge in [-0.05, 0) is 44.2 Å². The summed E-state index contributed by atoms with van der Waals surface area (Å²) in [4.78, 5) is 0. The molecular weight excluding hydrogens is 316 g/mol. The lowest BCUT2D eigenvalue weighted by molar-refractivity contribution is 0.184. The highest BCUT2D eigenvalue weighted by molar-refractivity contribution is 6.31. The first-order chi connectivity index (χ1) is 9.41. The second-order valence-electron chi connectivity index (χ2n) is 5.29. The zero-order valence-electron chi connectivity index (χ0n) is 11.8. The van der Waals surface area contributed by atoms with E-state index in [1.807, 2.05) is 26.0 Å². The van der Waals surface area contributed by atoms with Crippen molar-refractivity contribution in [3.63, 3.8) is 0 Å². The fourth-order valence-electron chi connectivity index (χ4n) is 1.66. The van der Waals surface area contributed by atoms with Crippen LogP contribution in [0.4, 0.5) is 4.39 Å². The van der Waals surface area contributed by atoms with Gasteiger partial charge in [0.15, 0.2) is 0 Å². The van der Waals surface area contributed by atoms with Crippen LogP contribution in [0.2, 0.25) is 5.02 Å². The van der Waals surface area contributed by atoms with E-state index in [-0.39, 0.29) is 29.6 Å². The highest BCUT2D eigenvalue weighted by Crippen LogP contribution is 2.26. The van der Waals surface area contributed by atoms with E-state index < -0.39 is 5.82 Å². The predicted molar refractivity (Wildman–Crippen MR) is 84.4 cm³/mol. The largest absolute Gasteiger partial charge is 0.460 e. The van der Waals surface area contributed by atoms with Gasteiger partial charge in [-0.15, -0.1) is 12.4 Å². The smallest absolute Gasteiger partial charge is 0.141 e. The quantitative estimate of drug-likeness (QED) is 0.868. The number of rotatable bonds is 5. The van der Waals surface area contributed by atoms with Crippen molar-refractivity contribution in [2.45, 2.75) is 25.9 Å². The van der Waals surface area contributed by atoms with E-state index in [0.29, 0.717) is 12.3 Å². The van der Waals surface area contributed by atoms with E-state index in [4.69, 9.17) is 21.1 Å². The molecular formula is C15H18Cl2FNO2. The van der Waals surface area contributed by atoms with Crippen molar-refractivity contribution in [1.29, 1.82) is 0 Å². The summed E-state index contributed by atoms with van der Waals surface area (Å²) in [5.41, 5.74) is 0.357. The molecule has 0 atom stereocenters. The van der Waals surface area contributed by atoms with E-state index in [9.17, 15) is 4.39 Å². The van der Waals surface area contributed by atoms with Gasteiger partial charge in [-0.25, -0.2) is 4.39 Å². The Bertz CT molecular complexity index is 599. The minimum Gasteiger partial charge on any atom is -0.460 e. The van der Waals surface area contributed by atoms with Crippen LogP contribution in [0.3, 0.4) is 0 Å². The van der Waals surface area contributed by atoms with Gasteiger partial charge >= 0.3 is 0 Å². The third kappa shape index (κ3) is 4.71. The van der Waals surface area contributed by atoms with Crippen LogP contribution >= 0.6 is 24.0 Å². The van der Waals surface area contributed by atoms with E-state index in [0.717, 1.165) is 11.3 Å². The molecule has 0 saturated carbocycles. The predicted octanol–water partition coefficient (Wildman–Crippen LogP) is 4.02. The van der Waals surface area contributed by atoms with Crippen LogP contribution in [-0.4, -0.2) is 17.3 Å². The van der Waals surface area contributed by atoms with Gasteiger partial charge in [0.25, 0.3) is 0 Å². The zero-order chi connectivity index (χ0) is 14.8. The summed E-state index contributed by atoms with van der Waals surface area (Å²) in [6, 6.07) is 8.12. The molecule has 0 aliphatic carbocycles. The normalized spacial score (nSPS) is 11.3. The maximum atomic E-state index is 13.1. The molecule has 1 heterocycles. The minimum absolute atomic E-state index is 0. The minimum atomic E-state index is -0.450. The number of furan rings is 1. The monoisotopic (exact) mass is 333 g/mol.